The molecule has 3 N–H and O–H groups in total. The molecule has 0 unspecified atom stereocenters. The van der Waals surface area contributed by atoms with E-state index in [-0.39, 0.29) is 16.5 Å². The average Bonchev–Trinajstić information content (AvgIpc) is 2.81. The van der Waals surface area contributed by atoms with Crippen molar-refractivity contribution in [3.05, 3.63) is 34.0 Å². The summed E-state index contributed by atoms with van der Waals surface area (Å²) in [5.74, 6) is 5.18. The summed E-state index contributed by atoms with van der Waals surface area (Å²) in [5.41, 5.74) is 1.98. The Balaban J connectivity index is 2.42. The Morgan fingerprint density at radius 2 is 2.35 bits per heavy atom. The molecule has 0 aliphatic rings. The van der Waals surface area contributed by atoms with E-state index in [1.165, 1.54) is 29.4 Å². The van der Waals surface area contributed by atoms with Gasteiger partial charge in [-0.2, -0.15) is 0 Å². The van der Waals surface area contributed by atoms with Crippen molar-refractivity contribution in [1.29, 1.82) is 0 Å². The predicted molar refractivity (Wildman–Crippen MR) is 64.9 cm³/mol. The Kier molecular flexibility index (Phi) is 3.52. The van der Waals surface area contributed by atoms with Gasteiger partial charge in [-0.1, -0.05) is 17.8 Å². The highest BCUT2D eigenvalue weighted by molar-refractivity contribution is 8.01. The molecule has 17 heavy (non-hydrogen) atoms. The SMILES string of the molecule is NNc1ncnc(Sc2cccs2)c1[N+](=O)[O-]. The van der Waals surface area contributed by atoms with Crippen molar-refractivity contribution in [3.63, 3.8) is 0 Å². The number of thiophene rings is 1. The molecule has 0 spiro atoms. The number of nitrogens with one attached hydrogen (secondary N) is 1. The van der Waals surface area contributed by atoms with Crippen LogP contribution in [-0.2, 0) is 0 Å². The van der Waals surface area contributed by atoms with Gasteiger partial charge in [-0.25, -0.2) is 15.8 Å². The van der Waals surface area contributed by atoms with E-state index in [1.807, 2.05) is 17.5 Å². The molecule has 0 radical (unpaired) electrons. The fraction of sp³-hybridized carbons (Fsp3) is 0. The zero-order chi connectivity index (χ0) is 12.3. The lowest BCUT2D eigenvalue weighted by Gasteiger charge is -2.03. The van der Waals surface area contributed by atoms with Gasteiger partial charge in [0.05, 0.1) is 9.13 Å². The Morgan fingerprint density at radius 1 is 1.53 bits per heavy atom. The van der Waals surface area contributed by atoms with E-state index in [0.717, 1.165) is 4.21 Å². The van der Waals surface area contributed by atoms with Crippen LogP contribution in [0.4, 0.5) is 11.5 Å². The molecule has 0 bridgehead atoms. The number of rotatable bonds is 4. The molecule has 0 aliphatic carbocycles. The van der Waals surface area contributed by atoms with Crippen LogP contribution in [-0.4, -0.2) is 14.9 Å². The molecule has 9 heteroatoms. The topological polar surface area (TPSA) is 107 Å². The highest BCUT2D eigenvalue weighted by Gasteiger charge is 2.23. The number of nitrogens with two attached hydrogens (primary N) is 1. The number of nitro groups is 1. The largest absolute Gasteiger partial charge is 0.344 e. The molecular weight excluding hydrogens is 262 g/mol. The predicted octanol–water partition coefficient (Wildman–Crippen LogP) is 1.88. The van der Waals surface area contributed by atoms with Crippen molar-refractivity contribution in [2.24, 2.45) is 5.84 Å². The van der Waals surface area contributed by atoms with E-state index >= 15 is 0 Å². The van der Waals surface area contributed by atoms with Crippen LogP contribution in [0, 0.1) is 10.1 Å². The zero-order valence-electron chi connectivity index (χ0n) is 8.36. The summed E-state index contributed by atoms with van der Waals surface area (Å²) in [5, 5.41) is 13.1. The van der Waals surface area contributed by atoms with Gasteiger partial charge in [0, 0.05) is 0 Å². The van der Waals surface area contributed by atoms with Gasteiger partial charge in [0.2, 0.25) is 5.82 Å². The minimum absolute atomic E-state index is 0.00376. The summed E-state index contributed by atoms with van der Waals surface area (Å²) in [6.07, 6.45) is 1.23. The molecule has 2 heterocycles. The van der Waals surface area contributed by atoms with Crippen LogP contribution in [0.3, 0.4) is 0 Å². The molecule has 0 fully saturated rings. The maximum Gasteiger partial charge on any atom is 0.344 e. The lowest BCUT2D eigenvalue weighted by Crippen LogP contribution is -2.11. The van der Waals surface area contributed by atoms with E-state index < -0.39 is 4.92 Å². The number of aromatic nitrogens is 2. The van der Waals surface area contributed by atoms with Gasteiger partial charge in [0.15, 0.2) is 5.03 Å². The summed E-state index contributed by atoms with van der Waals surface area (Å²) in [6.45, 7) is 0. The van der Waals surface area contributed by atoms with Crippen molar-refractivity contribution < 1.29 is 4.92 Å². The third kappa shape index (κ3) is 2.52. The van der Waals surface area contributed by atoms with Gasteiger partial charge in [-0.3, -0.25) is 10.1 Å². The minimum Gasteiger partial charge on any atom is -0.303 e. The first-order chi connectivity index (χ1) is 8.22. The molecule has 0 saturated heterocycles. The van der Waals surface area contributed by atoms with Crippen LogP contribution in [0.2, 0.25) is 0 Å². The van der Waals surface area contributed by atoms with E-state index in [9.17, 15) is 10.1 Å². The van der Waals surface area contributed by atoms with Crippen LogP contribution < -0.4 is 11.3 Å². The quantitative estimate of drug-likeness (QED) is 0.377. The lowest BCUT2D eigenvalue weighted by atomic mass is 10.5. The van der Waals surface area contributed by atoms with E-state index in [2.05, 4.69) is 15.4 Å². The smallest absolute Gasteiger partial charge is 0.303 e. The van der Waals surface area contributed by atoms with E-state index in [4.69, 9.17) is 5.84 Å². The van der Waals surface area contributed by atoms with Gasteiger partial charge >= 0.3 is 5.69 Å². The van der Waals surface area contributed by atoms with Crippen molar-refractivity contribution in [1.82, 2.24) is 9.97 Å². The second-order valence-electron chi connectivity index (χ2n) is 2.81. The normalized spacial score (nSPS) is 10.2. The second-order valence-corrected chi connectivity index (χ2v) is 5.05. The van der Waals surface area contributed by atoms with Crippen molar-refractivity contribution in [3.8, 4) is 0 Å². The first kappa shape index (κ1) is 11.8. The number of hydrogen-bond acceptors (Lipinski definition) is 8. The van der Waals surface area contributed by atoms with Gasteiger partial charge in [0.1, 0.15) is 6.33 Å². The monoisotopic (exact) mass is 269 g/mol. The number of nitrogens with zero attached hydrogens (tertiary/aromatic N) is 3. The van der Waals surface area contributed by atoms with Gasteiger partial charge in [-0.15, -0.1) is 11.3 Å². The summed E-state index contributed by atoms with van der Waals surface area (Å²) >= 11 is 2.69. The van der Waals surface area contributed by atoms with Crippen molar-refractivity contribution in [2.45, 2.75) is 9.24 Å². The highest BCUT2D eigenvalue weighted by Crippen LogP contribution is 2.37. The molecule has 2 rings (SSSR count). The molecule has 88 valence electrons. The molecule has 2 aromatic rings. The van der Waals surface area contributed by atoms with Crippen LogP contribution in [0.5, 0.6) is 0 Å². The lowest BCUT2D eigenvalue weighted by molar-refractivity contribution is -0.387. The Morgan fingerprint density at radius 3 is 2.94 bits per heavy atom. The van der Waals surface area contributed by atoms with Crippen molar-refractivity contribution >= 4 is 34.6 Å². The Labute approximate surface area is 104 Å². The average molecular weight is 269 g/mol. The molecule has 0 aromatic carbocycles. The molecule has 0 aliphatic heterocycles. The molecular formula is C8H7N5O2S2. The molecule has 0 amide bonds. The first-order valence-corrected chi connectivity index (χ1v) is 6.09. The number of nitrogen functional groups attached to an aromatic ring is 1. The van der Waals surface area contributed by atoms with Crippen molar-refractivity contribution in [2.75, 3.05) is 5.43 Å². The third-order valence-corrected chi connectivity index (χ3v) is 3.83. The number of anilines is 1. The van der Waals surface area contributed by atoms with Crippen LogP contribution >= 0.6 is 23.1 Å². The fourth-order valence-electron chi connectivity index (χ4n) is 1.12. The maximum absolute atomic E-state index is 11.0. The van der Waals surface area contributed by atoms with Crippen LogP contribution in [0.25, 0.3) is 0 Å². The molecule has 0 saturated carbocycles. The molecule has 7 nitrogen and oxygen atoms in total. The maximum atomic E-state index is 11.0. The van der Waals surface area contributed by atoms with Crippen LogP contribution in [0.1, 0.15) is 0 Å². The van der Waals surface area contributed by atoms with E-state index in [1.54, 1.807) is 0 Å². The van der Waals surface area contributed by atoms with Gasteiger partial charge < -0.3 is 5.43 Å². The number of hydrazine groups is 1. The summed E-state index contributed by atoms with van der Waals surface area (Å²) < 4.78 is 0.912. The second kappa shape index (κ2) is 5.08. The molecule has 2 aromatic heterocycles. The molecule has 0 atom stereocenters. The Hall–Kier alpha value is -1.71. The minimum atomic E-state index is -0.550. The van der Waals surface area contributed by atoms with Gasteiger partial charge in [0.25, 0.3) is 0 Å². The van der Waals surface area contributed by atoms with Gasteiger partial charge in [-0.05, 0) is 11.4 Å². The van der Waals surface area contributed by atoms with E-state index in [0.29, 0.717) is 0 Å². The third-order valence-electron chi connectivity index (χ3n) is 1.80. The fourth-order valence-corrected chi connectivity index (χ4v) is 2.87. The summed E-state index contributed by atoms with van der Waals surface area (Å²) in [6, 6.07) is 3.72. The summed E-state index contributed by atoms with van der Waals surface area (Å²) in [7, 11) is 0. The highest BCUT2D eigenvalue weighted by atomic mass is 32.2. The number of hydrogen-bond donors (Lipinski definition) is 2. The summed E-state index contributed by atoms with van der Waals surface area (Å²) in [4.78, 5) is 18.0. The van der Waals surface area contributed by atoms with Crippen LogP contribution in [0.15, 0.2) is 33.1 Å². The standard InChI is InChI=1S/C8H7N5O2S2/c9-12-7-6(13(14)15)8(11-4-10-7)17-5-2-1-3-16-5/h1-4H,9H2,(H,10,11,12). The Bertz CT molecular complexity index is 531. The first-order valence-electron chi connectivity index (χ1n) is 4.39. The zero-order valence-corrected chi connectivity index (χ0v) is 9.99.